The Morgan fingerprint density at radius 3 is 2.50 bits per heavy atom. The summed E-state index contributed by atoms with van der Waals surface area (Å²) in [6.45, 7) is 3.77. The number of piperidine rings is 1. The molecule has 30 heavy (non-hydrogen) atoms. The second-order valence-electron chi connectivity index (χ2n) is 7.85. The Kier molecular flexibility index (Phi) is 5.86. The molecule has 1 atom stereocenters. The van der Waals surface area contributed by atoms with Gasteiger partial charge in [0.15, 0.2) is 17.6 Å². The highest BCUT2D eigenvalue weighted by Gasteiger charge is 2.42. The highest BCUT2D eigenvalue weighted by Crippen LogP contribution is 2.42. The van der Waals surface area contributed by atoms with Crippen molar-refractivity contribution in [2.24, 2.45) is 0 Å². The van der Waals surface area contributed by atoms with Crippen molar-refractivity contribution in [2.45, 2.75) is 37.9 Å². The molecule has 0 N–H and O–H groups in total. The molecular formula is C24H29NO5. The van der Waals surface area contributed by atoms with Crippen LogP contribution in [0.25, 0.3) is 0 Å². The number of nitrogens with zero attached hydrogens (tertiary/aromatic N) is 1. The molecule has 2 aliphatic heterocycles. The minimum Gasteiger partial charge on any atom is -0.497 e. The van der Waals surface area contributed by atoms with Gasteiger partial charge in [-0.25, -0.2) is 0 Å². The van der Waals surface area contributed by atoms with Crippen LogP contribution in [0.15, 0.2) is 42.5 Å². The number of fused-ring (bicyclic) bond motifs is 2. The molecule has 0 bridgehead atoms. The summed E-state index contributed by atoms with van der Waals surface area (Å²) in [7, 11) is 3.28. The minimum atomic E-state index is -0.584. The Hall–Kier alpha value is -2.73. The Morgan fingerprint density at radius 1 is 1.07 bits per heavy atom. The van der Waals surface area contributed by atoms with Gasteiger partial charge in [0.05, 0.1) is 26.4 Å². The summed E-state index contributed by atoms with van der Waals surface area (Å²) in [5.74, 6) is 2.06. The average Bonchev–Trinajstić information content (AvgIpc) is 2.79. The number of ether oxygens (including phenoxy) is 4. The SMILES string of the molecule is COc1ccc2c(c1)CCOC21CCN(C(=O)C(C)Oc2ccccc2OC)CC1. The van der Waals surface area contributed by atoms with Crippen molar-refractivity contribution < 1.29 is 23.7 Å². The zero-order chi connectivity index (χ0) is 21.1. The van der Waals surface area contributed by atoms with Crippen molar-refractivity contribution in [2.75, 3.05) is 33.9 Å². The fourth-order valence-corrected chi connectivity index (χ4v) is 4.50. The molecule has 0 radical (unpaired) electrons. The molecule has 0 saturated carbocycles. The highest BCUT2D eigenvalue weighted by atomic mass is 16.5. The molecule has 1 unspecified atom stereocenters. The number of methoxy groups -OCH3 is 2. The fourth-order valence-electron chi connectivity index (χ4n) is 4.50. The van der Waals surface area contributed by atoms with Gasteiger partial charge in [0.25, 0.3) is 5.91 Å². The number of hydrogen-bond acceptors (Lipinski definition) is 5. The predicted octanol–water partition coefficient (Wildman–Crippen LogP) is 3.56. The topological polar surface area (TPSA) is 57.2 Å². The van der Waals surface area contributed by atoms with Gasteiger partial charge < -0.3 is 23.8 Å². The van der Waals surface area contributed by atoms with Crippen molar-refractivity contribution in [1.82, 2.24) is 4.90 Å². The first-order chi connectivity index (χ1) is 14.6. The van der Waals surface area contributed by atoms with E-state index in [0.717, 1.165) is 25.0 Å². The van der Waals surface area contributed by atoms with E-state index in [2.05, 4.69) is 12.1 Å². The monoisotopic (exact) mass is 411 g/mol. The van der Waals surface area contributed by atoms with Gasteiger partial charge >= 0.3 is 0 Å². The Balaban J connectivity index is 1.43. The molecule has 1 spiro atoms. The van der Waals surface area contributed by atoms with E-state index in [9.17, 15) is 4.79 Å². The van der Waals surface area contributed by atoms with E-state index in [1.807, 2.05) is 35.2 Å². The molecular weight excluding hydrogens is 382 g/mol. The van der Waals surface area contributed by atoms with Gasteiger partial charge in [0, 0.05) is 13.1 Å². The number of amides is 1. The molecule has 2 heterocycles. The summed E-state index contributed by atoms with van der Waals surface area (Å²) in [4.78, 5) is 14.9. The van der Waals surface area contributed by atoms with E-state index in [-0.39, 0.29) is 11.5 Å². The van der Waals surface area contributed by atoms with E-state index >= 15 is 0 Å². The van der Waals surface area contributed by atoms with E-state index in [4.69, 9.17) is 18.9 Å². The van der Waals surface area contributed by atoms with E-state index in [1.54, 1.807) is 21.1 Å². The van der Waals surface area contributed by atoms with Gasteiger partial charge in [-0.3, -0.25) is 4.79 Å². The van der Waals surface area contributed by atoms with Crippen LogP contribution in [-0.2, 0) is 21.6 Å². The maximum Gasteiger partial charge on any atom is 0.263 e. The third kappa shape index (κ3) is 3.84. The molecule has 2 aliphatic rings. The Morgan fingerprint density at radius 2 is 1.80 bits per heavy atom. The molecule has 6 nitrogen and oxygen atoms in total. The van der Waals surface area contributed by atoms with Crippen molar-refractivity contribution in [3.05, 3.63) is 53.6 Å². The second-order valence-corrected chi connectivity index (χ2v) is 7.85. The zero-order valence-electron chi connectivity index (χ0n) is 17.8. The molecule has 0 aromatic heterocycles. The van der Waals surface area contributed by atoms with Gasteiger partial charge in [0.1, 0.15) is 5.75 Å². The summed E-state index contributed by atoms with van der Waals surface area (Å²) >= 11 is 0. The Labute approximate surface area is 177 Å². The third-order valence-corrected chi connectivity index (χ3v) is 6.16. The summed E-state index contributed by atoms with van der Waals surface area (Å²) in [5.41, 5.74) is 2.21. The van der Waals surface area contributed by atoms with Crippen molar-refractivity contribution in [3.8, 4) is 17.2 Å². The first kappa shape index (κ1) is 20.5. The average molecular weight is 411 g/mol. The molecule has 4 rings (SSSR count). The van der Waals surface area contributed by atoms with E-state index in [0.29, 0.717) is 31.2 Å². The predicted molar refractivity (Wildman–Crippen MR) is 113 cm³/mol. The van der Waals surface area contributed by atoms with Crippen LogP contribution in [0, 0.1) is 0 Å². The number of likely N-dealkylation sites (tertiary alicyclic amines) is 1. The number of benzene rings is 2. The number of rotatable bonds is 5. The van der Waals surface area contributed by atoms with Gasteiger partial charge in [-0.15, -0.1) is 0 Å². The van der Waals surface area contributed by atoms with E-state index < -0.39 is 6.10 Å². The lowest BCUT2D eigenvalue weighted by atomic mass is 9.79. The molecule has 1 saturated heterocycles. The van der Waals surface area contributed by atoms with Crippen molar-refractivity contribution in [1.29, 1.82) is 0 Å². The maximum atomic E-state index is 13.0. The first-order valence-corrected chi connectivity index (χ1v) is 10.5. The van der Waals surface area contributed by atoms with Crippen molar-refractivity contribution >= 4 is 5.91 Å². The molecule has 160 valence electrons. The minimum absolute atomic E-state index is 0.0125. The van der Waals surface area contributed by atoms with E-state index in [1.165, 1.54) is 11.1 Å². The van der Waals surface area contributed by atoms with Crippen LogP contribution in [0.3, 0.4) is 0 Å². The number of para-hydroxylation sites is 2. The number of carbonyl (C=O) groups is 1. The quantitative estimate of drug-likeness (QED) is 0.753. The van der Waals surface area contributed by atoms with Crippen molar-refractivity contribution in [3.63, 3.8) is 0 Å². The molecule has 6 heteroatoms. The number of carbonyl (C=O) groups excluding carboxylic acids is 1. The van der Waals surface area contributed by atoms with Crippen LogP contribution < -0.4 is 14.2 Å². The molecule has 2 aromatic rings. The summed E-state index contributed by atoms with van der Waals surface area (Å²) in [6, 6.07) is 13.6. The summed E-state index contributed by atoms with van der Waals surface area (Å²) in [6.07, 6.45) is 1.86. The first-order valence-electron chi connectivity index (χ1n) is 10.5. The second kappa shape index (κ2) is 8.56. The molecule has 2 aromatic carbocycles. The zero-order valence-corrected chi connectivity index (χ0v) is 17.8. The summed E-state index contributed by atoms with van der Waals surface area (Å²) < 4.78 is 22.9. The number of hydrogen-bond donors (Lipinski definition) is 0. The molecule has 0 aliphatic carbocycles. The fraction of sp³-hybridized carbons (Fsp3) is 0.458. The lowest BCUT2D eigenvalue weighted by Gasteiger charge is -2.45. The lowest BCUT2D eigenvalue weighted by Crippen LogP contribution is -2.51. The van der Waals surface area contributed by atoms with Crippen LogP contribution >= 0.6 is 0 Å². The van der Waals surface area contributed by atoms with Crippen LogP contribution in [-0.4, -0.2) is 50.8 Å². The smallest absolute Gasteiger partial charge is 0.263 e. The van der Waals surface area contributed by atoms with Gasteiger partial charge in [-0.2, -0.15) is 0 Å². The molecule has 1 amide bonds. The van der Waals surface area contributed by atoms with Gasteiger partial charge in [0.2, 0.25) is 0 Å². The largest absolute Gasteiger partial charge is 0.497 e. The maximum absolute atomic E-state index is 13.0. The van der Waals surface area contributed by atoms with Crippen LogP contribution in [0.4, 0.5) is 0 Å². The van der Waals surface area contributed by atoms with Crippen LogP contribution in [0.2, 0.25) is 0 Å². The summed E-state index contributed by atoms with van der Waals surface area (Å²) in [5, 5.41) is 0. The highest BCUT2D eigenvalue weighted by molar-refractivity contribution is 5.81. The van der Waals surface area contributed by atoms with Crippen LogP contribution in [0.5, 0.6) is 17.2 Å². The molecule has 1 fully saturated rings. The lowest BCUT2D eigenvalue weighted by molar-refractivity contribution is -0.146. The van der Waals surface area contributed by atoms with Gasteiger partial charge in [-0.1, -0.05) is 18.2 Å². The van der Waals surface area contributed by atoms with Gasteiger partial charge in [-0.05, 0) is 61.6 Å². The Bertz CT molecular complexity index is 904. The standard InChI is InChI=1S/C24H29NO5/c1-17(30-22-7-5-4-6-21(22)28-3)23(26)25-13-11-24(12-14-25)20-9-8-19(27-2)16-18(20)10-15-29-24/h4-9,16-17H,10-15H2,1-3H3. The normalized spacial score (nSPS) is 18.4. The third-order valence-electron chi connectivity index (χ3n) is 6.16. The van der Waals surface area contributed by atoms with Crippen LogP contribution in [0.1, 0.15) is 30.9 Å².